The van der Waals surface area contributed by atoms with Crippen LogP contribution < -0.4 is 4.74 Å². The van der Waals surface area contributed by atoms with Crippen LogP contribution in [-0.2, 0) is 20.9 Å². The topological polar surface area (TPSA) is 61.8 Å². The van der Waals surface area contributed by atoms with Crippen molar-refractivity contribution in [1.29, 1.82) is 0 Å². The molecule has 2 aromatic rings. The van der Waals surface area contributed by atoms with Crippen LogP contribution in [0.3, 0.4) is 0 Å². The van der Waals surface area contributed by atoms with Crippen LogP contribution in [0.5, 0.6) is 5.75 Å². The number of esters is 1. The van der Waals surface area contributed by atoms with E-state index in [1.54, 1.807) is 39.0 Å². The molecule has 32 heavy (non-hydrogen) atoms. The van der Waals surface area contributed by atoms with Gasteiger partial charge in [0.2, 0.25) is 4.38 Å². The highest BCUT2D eigenvalue weighted by Gasteiger charge is 2.28. The zero-order valence-electron chi connectivity index (χ0n) is 19.0. The maximum Gasteiger partial charge on any atom is 0.312 e. The van der Waals surface area contributed by atoms with Gasteiger partial charge in [0.15, 0.2) is 11.2 Å². The van der Waals surface area contributed by atoms with E-state index in [-0.39, 0.29) is 18.2 Å². The second kappa shape index (κ2) is 12.6. The second-order valence-corrected chi connectivity index (χ2v) is 9.88. The molecule has 1 atom stereocenters. The molecule has 0 radical (unpaired) electrons. The molecule has 0 bridgehead atoms. The van der Waals surface area contributed by atoms with Gasteiger partial charge >= 0.3 is 5.97 Å². The van der Waals surface area contributed by atoms with Crippen LogP contribution in [0.15, 0.2) is 54.6 Å². The fraction of sp³-hybridized carbons (Fsp3) is 0.400. The molecule has 2 rings (SSSR count). The van der Waals surface area contributed by atoms with E-state index in [9.17, 15) is 9.59 Å². The van der Waals surface area contributed by atoms with E-state index in [0.29, 0.717) is 35.3 Å². The normalized spacial score (nSPS) is 12.0. The number of ketones is 1. The lowest BCUT2D eigenvalue weighted by Crippen LogP contribution is -2.28. The van der Waals surface area contributed by atoms with E-state index in [4.69, 9.17) is 26.4 Å². The van der Waals surface area contributed by atoms with Gasteiger partial charge in [-0.15, -0.1) is 0 Å². The van der Waals surface area contributed by atoms with Crippen molar-refractivity contribution in [3.63, 3.8) is 0 Å². The molecular formula is C25H30O5S2. The number of para-hydroxylation sites is 1. The quantitative estimate of drug-likeness (QED) is 0.176. The zero-order valence-corrected chi connectivity index (χ0v) is 20.6. The minimum atomic E-state index is -0.659. The third kappa shape index (κ3) is 8.63. The van der Waals surface area contributed by atoms with Gasteiger partial charge in [0.25, 0.3) is 0 Å². The maximum absolute atomic E-state index is 13.0. The van der Waals surface area contributed by atoms with E-state index in [0.717, 1.165) is 17.3 Å². The van der Waals surface area contributed by atoms with Crippen LogP contribution in [0.1, 0.15) is 56.5 Å². The number of thiocarbonyl (C=S) groups is 1. The van der Waals surface area contributed by atoms with Crippen molar-refractivity contribution in [2.75, 3.05) is 6.61 Å². The molecule has 0 aliphatic heterocycles. The average molecular weight is 475 g/mol. The molecule has 172 valence electrons. The van der Waals surface area contributed by atoms with Crippen molar-refractivity contribution in [1.82, 2.24) is 0 Å². The number of hydrogen-bond donors (Lipinski definition) is 0. The van der Waals surface area contributed by atoms with Gasteiger partial charge in [-0.05, 0) is 69.4 Å². The van der Waals surface area contributed by atoms with Crippen molar-refractivity contribution < 1.29 is 23.8 Å². The smallest absolute Gasteiger partial charge is 0.312 e. The Kier molecular flexibility index (Phi) is 10.2. The summed E-state index contributed by atoms with van der Waals surface area (Å²) in [6, 6.07) is 16.9. The Bertz CT molecular complexity index is 906. The van der Waals surface area contributed by atoms with Crippen LogP contribution >= 0.6 is 24.0 Å². The molecular weight excluding hydrogens is 444 g/mol. The van der Waals surface area contributed by atoms with Gasteiger partial charge in [0, 0.05) is 12.8 Å². The predicted molar refractivity (Wildman–Crippen MR) is 132 cm³/mol. The molecule has 0 N–H and O–H groups in total. The Morgan fingerprint density at radius 1 is 1.03 bits per heavy atom. The highest BCUT2D eigenvalue weighted by Crippen LogP contribution is 2.27. The second-order valence-electron chi connectivity index (χ2n) is 8.12. The summed E-state index contributed by atoms with van der Waals surface area (Å²) in [5.74, 6) is 0.0869. The Morgan fingerprint density at radius 2 is 1.69 bits per heavy atom. The SMILES string of the molecule is CCOC(=S)SC(CCC(=O)c1ccccc1OCc1ccccc1)OC(=O)C(C)(C)C. The molecule has 0 aromatic heterocycles. The standard InChI is InChI=1S/C25H30O5S2/c1-5-28-24(31)32-22(30-23(27)25(2,3)4)16-15-20(26)19-13-9-10-14-21(19)29-17-18-11-7-6-8-12-18/h6-14,22H,5,15-17H2,1-4H3. The van der Waals surface area contributed by atoms with E-state index < -0.39 is 10.9 Å². The lowest BCUT2D eigenvalue weighted by atomic mass is 9.97. The van der Waals surface area contributed by atoms with E-state index in [1.807, 2.05) is 43.3 Å². The number of carbonyl (C=O) groups excluding carboxylic acids is 2. The van der Waals surface area contributed by atoms with E-state index >= 15 is 0 Å². The first kappa shape index (κ1) is 25.9. The van der Waals surface area contributed by atoms with Crippen LogP contribution in [-0.4, -0.2) is 28.2 Å². The molecule has 0 aliphatic carbocycles. The summed E-state index contributed by atoms with van der Waals surface area (Å²) in [4.78, 5) is 25.4. The molecule has 0 saturated carbocycles. The van der Waals surface area contributed by atoms with E-state index in [1.165, 1.54) is 0 Å². The fourth-order valence-electron chi connectivity index (χ4n) is 2.64. The maximum atomic E-state index is 13.0. The van der Waals surface area contributed by atoms with Crippen molar-refractivity contribution in [3.05, 3.63) is 65.7 Å². The summed E-state index contributed by atoms with van der Waals surface area (Å²) in [5, 5.41) is 0. The summed E-state index contributed by atoms with van der Waals surface area (Å²) in [6.45, 7) is 7.97. The molecule has 0 amide bonds. The van der Waals surface area contributed by atoms with Crippen LogP contribution in [0.25, 0.3) is 0 Å². The Hall–Kier alpha value is -2.38. The monoisotopic (exact) mass is 474 g/mol. The minimum absolute atomic E-state index is 0.0894. The highest BCUT2D eigenvalue weighted by molar-refractivity contribution is 8.22. The third-order valence-corrected chi connectivity index (χ3v) is 5.68. The number of thioether (sulfide) groups is 1. The van der Waals surface area contributed by atoms with Gasteiger partial charge in [0.05, 0.1) is 17.6 Å². The Morgan fingerprint density at radius 3 is 2.34 bits per heavy atom. The van der Waals surface area contributed by atoms with Gasteiger partial charge in [0.1, 0.15) is 12.4 Å². The lowest BCUT2D eigenvalue weighted by Gasteiger charge is -2.23. The molecule has 5 nitrogen and oxygen atoms in total. The summed E-state index contributed by atoms with van der Waals surface area (Å²) in [5.41, 5.74) is 0.252. The van der Waals surface area contributed by atoms with Crippen molar-refractivity contribution >= 4 is 40.1 Å². The van der Waals surface area contributed by atoms with Gasteiger partial charge in [-0.25, -0.2) is 0 Å². The van der Waals surface area contributed by atoms with Gasteiger partial charge in [-0.2, -0.15) is 0 Å². The fourth-order valence-corrected chi connectivity index (χ4v) is 3.85. The number of carbonyl (C=O) groups is 2. The Labute approximate surface area is 199 Å². The summed E-state index contributed by atoms with van der Waals surface area (Å²) in [7, 11) is 0. The highest BCUT2D eigenvalue weighted by atomic mass is 32.2. The molecule has 0 aliphatic rings. The molecule has 2 aromatic carbocycles. The minimum Gasteiger partial charge on any atom is -0.488 e. The largest absolute Gasteiger partial charge is 0.488 e. The summed E-state index contributed by atoms with van der Waals surface area (Å²) >= 11 is 6.34. The van der Waals surface area contributed by atoms with Gasteiger partial charge < -0.3 is 14.2 Å². The van der Waals surface area contributed by atoms with E-state index in [2.05, 4.69) is 0 Å². The summed E-state index contributed by atoms with van der Waals surface area (Å²) < 4.78 is 17.1. The van der Waals surface area contributed by atoms with Crippen LogP contribution in [0.4, 0.5) is 0 Å². The molecule has 7 heteroatoms. The molecule has 0 fully saturated rings. The van der Waals surface area contributed by atoms with Crippen molar-refractivity contribution in [2.24, 2.45) is 5.41 Å². The van der Waals surface area contributed by atoms with Crippen LogP contribution in [0, 0.1) is 5.41 Å². The number of hydrogen-bond acceptors (Lipinski definition) is 7. The average Bonchev–Trinajstić information content (AvgIpc) is 2.76. The summed E-state index contributed by atoms with van der Waals surface area (Å²) in [6.07, 6.45) is 0.487. The molecule has 0 heterocycles. The molecule has 1 unspecified atom stereocenters. The van der Waals surface area contributed by atoms with Crippen LogP contribution in [0.2, 0.25) is 0 Å². The first-order valence-corrected chi connectivity index (χ1v) is 11.8. The molecule has 0 spiro atoms. The lowest BCUT2D eigenvalue weighted by molar-refractivity contribution is -0.154. The number of benzene rings is 2. The van der Waals surface area contributed by atoms with Gasteiger partial charge in [-0.3, -0.25) is 9.59 Å². The number of rotatable bonds is 10. The molecule has 0 saturated heterocycles. The Balaban J connectivity index is 2.05. The third-order valence-electron chi connectivity index (χ3n) is 4.37. The number of Topliss-reactive ketones (excluding diaryl/α,β-unsaturated/α-hetero) is 1. The predicted octanol–water partition coefficient (Wildman–Crippen LogP) is 6.20. The van der Waals surface area contributed by atoms with Crippen molar-refractivity contribution in [3.8, 4) is 5.75 Å². The van der Waals surface area contributed by atoms with Crippen molar-refractivity contribution in [2.45, 2.75) is 52.6 Å². The first-order valence-electron chi connectivity index (χ1n) is 10.5. The zero-order chi connectivity index (χ0) is 23.6. The first-order chi connectivity index (χ1) is 15.2. The number of ether oxygens (including phenoxy) is 3. The van der Waals surface area contributed by atoms with Gasteiger partial charge in [-0.1, -0.05) is 42.5 Å².